The van der Waals surface area contributed by atoms with E-state index < -0.39 is 6.04 Å². The van der Waals surface area contributed by atoms with E-state index in [0.29, 0.717) is 13.0 Å². The number of para-hydroxylation sites is 1. The second kappa shape index (κ2) is 7.63. The number of aryl methyl sites for hydroxylation is 1. The number of benzene rings is 2. The summed E-state index contributed by atoms with van der Waals surface area (Å²) in [6, 6.07) is 17.5. The minimum absolute atomic E-state index is 0.0178. The van der Waals surface area contributed by atoms with Crippen LogP contribution < -0.4 is 5.32 Å². The lowest BCUT2D eigenvalue weighted by molar-refractivity contribution is -0.137. The molecule has 5 nitrogen and oxygen atoms in total. The molecule has 1 aromatic heterocycles. The quantitative estimate of drug-likeness (QED) is 0.716. The van der Waals surface area contributed by atoms with Crippen molar-refractivity contribution < 1.29 is 9.59 Å². The molecule has 1 fully saturated rings. The average molecular weight is 404 g/mol. The molecule has 0 radical (unpaired) electrons. The third-order valence-corrected chi connectivity index (χ3v) is 5.72. The Balaban J connectivity index is 1.71. The highest BCUT2D eigenvalue weighted by molar-refractivity contribution is 5.98. The molecule has 156 valence electrons. The van der Waals surface area contributed by atoms with E-state index in [1.807, 2.05) is 76.5 Å². The van der Waals surface area contributed by atoms with E-state index >= 15 is 0 Å². The minimum Gasteiger partial charge on any atom is -0.350 e. The second-order valence-corrected chi connectivity index (χ2v) is 9.21. The maximum absolute atomic E-state index is 13.6. The van der Waals surface area contributed by atoms with E-state index in [-0.39, 0.29) is 23.3 Å². The number of nitrogens with one attached hydrogen (secondary N) is 1. The fourth-order valence-electron chi connectivity index (χ4n) is 4.39. The molecule has 0 aliphatic carbocycles. The molecule has 0 unspecified atom stereocenters. The SMILES string of the molecule is Cn1cc([C@H]2C[C@@H](C(=O)NC(C)(C)C)N(Cc3ccccc3)C2=O)c2ccccc21. The zero-order valence-corrected chi connectivity index (χ0v) is 18.1. The van der Waals surface area contributed by atoms with Gasteiger partial charge in [-0.25, -0.2) is 0 Å². The number of rotatable bonds is 4. The molecule has 1 N–H and O–H groups in total. The van der Waals surface area contributed by atoms with Gasteiger partial charge in [-0.05, 0) is 44.4 Å². The summed E-state index contributed by atoms with van der Waals surface area (Å²) in [5.41, 5.74) is 2.77. The maximum atomic E-state index is 13.6. The molecule has 4 rings (SSSR count). The van der Waals surface area contributed by atoms with Crippen molar-refractivity contribution in [1.82, 2.24) is 14.8 Å². The van der Waals surface area contributed by atoms with Gasteiger partial charge < -0.3 is 14.8 Å². The number of likely N-dealkylation sites (tertiary alicyclic amines) is 1. The van der Waals surface area contributed by atoms with Crippen LogP contribution in [0.3, 0.4) is 0 Å². The summed E-state index contributed by atoms with van der Waals surface area (Å²) in [6.45, 7) is 6.32. The molecule has 0 saturated carbocycles. The van der Waals surface area contributed by atoms with Gasteiger partial charge in [-0.1, -0.05) is 48.5 Å². The molecule has 3 aromatic rings. The Morgan fingerprint density at radius 1 is 1.07 bits per heavy atom. The monoisotopic (exact) mass is 403 g/mol. The Morgan fingerprint density at radius 2 is 1.73 bits per heavy atom. The van der Waals surface area contributed by atoms with Crippen molar-refractivity contribution in [1.29, 1.82) is 0 Å². The highest BCUT2D eigenvalue weighted by Gasteiger charge is 2.45. The van der Waals surface area contributed by atoms with E-state index in [1.54, 1.807) is 4.90 Å². The van der Waals surface area contributed by atoms with Crippen molar-refractivity contribution in [3.8, 4) is 0 Å². The maximum Gasteiger partial charge on any atom is 0.243 e. The molecular weight excluding hydrogens is 374 g/mol. The van der Waals surface area contributed by atoms with E-state index in [2.05, 4.69) is 22.0 Å². The number of hydrogen-bond acceptors (Lipinski definition) is 2. The predicted molar refractivity (Wildman–Crippen MR) is 119 cm³/mol. The van der Waals surface area contributed by atoms with Crippen molar-refractivity contribution in [3.63, 3.8) is 0 Å². The molecule has 1 saturated heterocycles. The first-order chi connectivity index (χ1) is 14.2. The Kier molecular flexibility index (Phi) is 5.14. The van der Waals surface area contributed by atoms with Gasteiger partial charge in [0.2, 0.25) is 11.8 Å². The number of amides is 2. The number of nitrogens with zero attached hydrogens (tertiary/aromatic N) is 2. The number of carbonyl (C=O) groups is 2. The van der Waals surface area contributed by atoms with Gasteiger partial charge >= 0.3 is 0 Å². The summed E-state index contributed by atoms with van der Waals surface area (Å²) >= 11 is 0. The molecule has 1 aliphatic heterocycles. The van der Waals surface area contributed by atoms with Gasteiger partial charge in [-0.2, -0.15) is 0 Å². The van der Waals surface area contributed by atoms with Crippen molar-refractivity contribution in [2.75, 3.05) is 0 Å². The van der Waals surface area contributed by atoms with Crippen LogP contribution in [0.4, 0.5) is 0 Å². The van der Waals surface area contributed by atoms with E-state index in [4.69, 9.17) is 0 Å². The molecule has 0 spiro atoms. The van der Waals surface area contributed by atoms with Crippen molar-refractivity contribution in [2.24, 2.45) is 7.05 Å². The van der Waals surface area contributed by atoms with E-state index in [9.17, 15) is 9.59 Å². The molecule has 2 atom stereocenters. The second-order valence-electron chi connectivity index (χ2n) is 9.21. The summed E-state index contributed by atoms with van der Waals surface area (Å²) in [5.74, 6) is -0.394. The van der Waals surface area contributed by atoms with Gasteiger partial charge in [0, 0.05) is 36.2 Å². The molecule has 30 heavy (non-hydrogen) atoms. The molecule has 0 bridgehead atoms. The lowest BCUT2D eigenvalue weighted by Gasteiger charge is -2.28. The first-order valence-electron chi connectivity index (χ1n) is 10.4. The highest BCUT2D eigenvalue weighted by Crippen LogP contribution is 2.38. The zero-order chi connectivity index (χ0) is 21.5. The van der Waals surface area contributed by atoms with Gasteiger partial charge in [0.25, 0.3) is 0 Å². The van der Waals surface area contributed by atoms with Crippen LogP contribution in [0.15, 0.2) is 60.8 Å². The molecule has 2 heterocycles. The summed E-state index contributed by atoms with van der Waals surface area (Å²) in [4.78, 5) is 28.5. The summed E-state index contributed by atoms with van der Waals surface area (Å²) < 4.78 is 2.06. The molecule has 1 aliphatic rings. The molecule has 2 aromatic carbocycles. The van der Waals surface area contributed by atoms with E-state index in [1.165, 1.54) is 0 Å². The van der Waals surface area contributed by atoms with Crippen LogP contribution in [-0.2, 0) is 23.2 Å². The van der Waals surface area contributed by atoms with Crippen LogP contribution in [0.5, 0.6) is 0 Å². The van der Waals surface area contributed by atoms with Crippen LogP contribution in [-0.4, -0.2) is 32.9 Å². The van der Waals surface area contributed by atoms with Gasteiger partial charge in [-0.15, -0.1) is 0 Å². The van der Waals surface area contributed by atoms with Gasteiger partial charge in [-0.3, -0.25) is 9.59 Å². The number of aromatic nitrogens is 1. The third kappa shape index (κ3) is 3.84. The van der Waals surface area contributed by atoms with Crippen LogP contribution in [0.2, 0.25) is 0 Å². The predicted octanol–water partition coefficient (Wildman–Crippen LogP) is 3.98. The van der Waals surface area contributed by atoms with Crippen LogP contribution in [0, 0.1) is 0 Å². The minimum atomic E-state index is -0.485. The van der Waals surface area contributed by atoms with Crippen molar-refractivity contribution in [3.05, 3.63) is 71.9 Å². The first kappa shape index (κ1) is 20.2. The van der Waals surface area contributed by atoms with Crippen molar-refractivity contribution in [2.45, 2.75) is 51.2 Å². The standard InChI is InChI=1S/C25H29N3O2/c1-25(2,3)26-23(29)22-14-19(20-16-27(4)21-13-9-8-12-18(20)21)24(30)28(22)15-17-10-6-5-7-11-17/h5-13,16,19,22H,14-15H2,1-4H3,(H,26,29)/t19-,22+/m1/s1. The fraction of sp³-hybridized carbons (Fsp3) is 0.360. The number of hydrogen-bond donors (Lipinski definition) is 1. The Bertz CT molecular complexity index is 1080. The normalized spacial score (nSPS) is 19.5. The summed E-state index contributed by atoms with van der Waals surface area (Å²) in [5, 5.41) is 4.15. The van der Waals surface area contributed by atoms with Crippen LogP contribution >= 0.6 is 0 Å². The molecular formula is C25H29N3O2. The van der Waals surface area contributed by atoms with Crippen molar-refractivity contribution >= 4 is 22.7 Å². The topological polar surface area (TPSA) is 54.3 Å². The fourth-order valence-corrected chi connectivity index (χ4v) is 4.39. The Morgan fingerprint density at radius 3 is 2.43 bits per heavy atom. The smallest absolute Gasteiger partial charge is 0.243 e. The lowest BCUT2D eigenvalue weighted by atomic mass is 9.95. The number of carbonyl (C=O) groups excluding carboxylic acids is 2. The zero-order valence-electron chi connectivity index (χ0n) is 18.1. The van der Waals surface area contributed by atoms with Crippen LogP contribution in [0.1, 0.15) is 44.2 Å². The third-order valence-electron chi connectivity index (χ3n) is 5.72. The van der Waals surface area contributed by atoms with Gasteiger partial charge in [0.1, 0.15) is 6.04 Å². The first-order valence-corrected chi connectivity index (χ1v) is 10.4. The molecule has 2 amide bonds. The number of fused-ring (bicyclic) bond motifs is 1. The summed E-state index contributed by atoms with van der Waals surface area (Å²) in [6.07, 6.45) is 2.53. The lowest BCUT2D eigenvalue weighted by Crippen LogP contribution is -2.50. The largest absolute Gasteiger partial charge is 0.350 e. The van der Waals surface area contributed by atoms with Crippen LogP contribution in [0.25, 0.3) is 10.9 Å². The van der Waals surface area contributed by atoms with E-state index in [0.717, 1.165) is 22.0 Å². The highest BCUT2D eigenvalue weighted by atomic mass is 16.2. The Hall–Kier alpha value is -3.08. The summed E-state index contributed by atoms with van der Waals surface area (Å²) in [7, 11) is 2.00. The molecule has 5 heteroatoms. The van der Waals surface area contributed by atoms with Gasteiger partial charge in [0.05, 0.1) is 5.92 Å². The Labute approximate surface area is 177 Å². The van der Waals surface area contributed by atoms with Gasteiger partial charge in [0.15, 0.2) is 0 Å². The average Bonchev–Trinajstić information content (AvgIpc) is 3.19.